The number of hydrogen-bond acceptors (Lipinski definition) is 5. The molecule has 0 unspecified atom stereocenters. The van der Waals surface area contributed by atoms with Gasteiger partial charge in [0.1, 0.15) is 5.82 Å². The molecular formula is C17H23N3O2S. The third kappa shape index (κ3) is 3.88. The summed E-state index contributed by atoms with van der Waals surface area (Å²) in [6.07, 6.45) is 4.37. The van der Waals surface area contributed by atoms with Crippen LogP contribution in [-0.4, -0.2) is 46.0 Å². The number of ether oxygens (including phenoxy) is 1. The molecule has 124 valence electrons. The number of carbonyl (C=O) groups excluding carboxylic acids is 1. The highest BCUT2D eigenvalue weighted by molar-refractivity contribution is 7.12. The summed E-state index contributed by atoms with van der Waals surface area (Å²) in [6, 6.07) is 4.33. The van der Waals surface area contributed by atoms with Crippen molar-refractivity contribution in [1.82, 2.24) is 14.5 Å². The molecule has 6 heteroatoms. The first kappa shape index (κ1) is 16.4. The lowest BCUT2D eigenvalue weighted by molar-refractivity contribution is -0.0141. The van der Waals surface area contributed by atoms with Crippen LogP contribution in [0.4, 0.5) is 0 Å². The molecule has 2 aromatic rings. The summed E-state index contributed by atoms with van der Waals surface area (Å²) in [5.74, 6) is 1.25. The fraction of sp³-hybridized carbons (Fsp3) is 0.529. The van der Waals surface area contributed by atoms with E-state index < -0.39 is 0 Å². The number of hydrogen-bond donors (Lipinski definition) is 0. The van der Waals surface area contributed by atoms with Gasteiger partial charge in [0, 0.05) is 37.4 Å². The Hall–Kier alpha value is -1.50. The maximum atomic E-state index is 12.4. The molecule has 5 nitrogen and oxygen atoms in total. The van der Waals surface area contributed by atoms with Crippen LogP contribution >= 0.6 is 11.3 Å². The van der Waals surface area contributed by atoms with Gasteiger partial charge in [0.05, 0.1) is 24.6 Å². The van der Waals surface area contributed by atoms with Crippen LogP contribution in [0.1, 0.15) is 41.8 Å². The van der Waals surface area contributed by atoms with Crippen molar-refractivity contribution in [2.45, 2.75) is 38.9 Å². The monoisotopic (exact) mass is 333 g/mol. The smallest absolute Gasteiger partial charge is 0.174 e. The Morgan fingerprint density at radius 1 is 1.52 bits per heavy atom. The van der Waals surface area contributed by atoms with E-state index in [9.17, 15) is 4.79 Å². The number of morpholine rings is 1. The van der Waals surface area contributed by atoms with Crippen molar-refractivity contribution in [3.63, 3.8) is 0 Å². The first-order valence-electron chi connectivity index (χ1n) is 8.05. The lowest BCUT2D eigenvalue weighted by atomic mass is 10.1. The molecule has 1 saturated heterocycles. The van der Waals surface area contributed by atoms with Crippen LogP contribution in [0.25, 0.3) is 0 Å². The molecule has 0 aromatic carbocycles. The number of carbonyl (C=O) groups is 1. The number of ketones is 1. The summed E-state index contributed by atoms with van der Waals surface area (Å²) in [7, 11) is 0. The zero-order valence-electron chi connectivity index (χ0n) is 13.6. The molecule has 1 fully saturated rings. The van der Waals surface area contributed by atoms with Gasteiger partial charge in [-0.3, -0.25) is 9.69 Å². The third-order valence-electron chi connectivity index (χ3n) is 4.22. The SMILES string of the molecule is CC(C)n1ccnc1CN1CCOC[C@@H]1CC(=O)c1cccs1. The highest BCUT2D eigenvalue weighted by atomic mass is 32.1. The number of imidazole rings is 1. The Bertz CT molecular complexity index is 636. The normalized spacial score (nSPS) is 19.3. The first-order chi connectivity index (χ1) is 11.1. The van der Waals surface area contributed by atoms with Crippen molar-refractivity contribution in [3.8, 4) is 0 Å². The summed E-state index contributed by atoms with van der Waals surface area (Å²) >= 11 is 1.51. The maximum absolute atomic E-state index is 12.4. The van der Waals surface area contributed by atoms with Gasteiger partial charge in [-0.2, -0.15) is 0 Å². The van der Waals surface area contributed by atoms with Crippen molar-refractivity contribution < 1.29 is 9.53 Å². The van der Waals surface area contributed by atoms with Crippen molar-refractivity contribution in [2.75, 3.05) is 19.8 Å². The minimum absolute atomic E-state index is 0.121. The molecule has 0 radical (unpaired) electrons. The van der Waals surface area contributed by atoms with Crippen LogP contribution in [0.5, 0.6) is 0 Å². The zero-order valence-corrected chi connectivity index (χ0v) is 14.5. The van der Waals surface area contributed by atoms with E-state index in [2.05, 4.69) is 28.3 Å². The molecule has 0 bridgehead atoms. The van der Waals surface area contributed by atoms with Gasteiger partial charge < -0.3 is 9.30 Å². The van der Waals surface area contributed by atoms with E-state index in [-0.39, 0.29) is 11.8 Å². The van der Waals surface area contributed by atoms with Gasteiger partial charge in [-0.1, -0.05) is 6.07 Å². The molecule has 3 rings (SSSR count). The minimum Gasteiger partial charge on any atom is -0.378 e. The molecule has 0 saturated carbocycles. The van der Waals surface area contributed by atoms with Crippen molar-refractivity contribution in [2.24, 2.45) is 0 Å². The lowest BCUT2D eigenvalue weighted by Gasteiger charge is -2.35. The van der Waals surface area contributed by atoms with E-state index in [1.54, 1.807) is 0 Å². The van der Waals surface area contributed by atoms with E-state index >= 15 is 0 Å². The number of nitrogens with zero attached hydrogens (tertiary/aromatic N) is 3. The average molecular weight is 333 g/mol. The molecule has 1 aliphatic rings. The Morgan fingerprint density at radius 2 is 2.39 bits per heavy atom. The summed E-state index contributed by atoms with van der Waals surface area (Å²) < 4.78 is 7.80. The van der Waals surface area contributed by atoms with Crippen LogP contribution in [-0.2, 0) is 11.3 Å². The maximum Gasteiger partial charge on any atom is 0.174 e. The number of aromatic nitrogens is 2. The minimum atomic E-state index is 0.121. The predicted molar refractivity (Wildman–Crippen MR) is 90.9 cm³/mol. The van der Waals surface area contributed by atoms with Crippen molar-refractivity contribution in [3.05, 3.63) is 40.6 Å². The molecular weight excluding hydrogens is 310 g/mol. The van der Waals surface area contributed by atoms with Gasteiger partial charge in [0.15, 0.2) is 5.78 Å². The van der Waals surface area contributed by atoms with Crippen molar-refractivity contribution in [1.29, 1.82) is 0 Å². The second kappa shape index (κ2) is 7.38. The summed E-state index contributed by atoms with van der Waals surface area (Å²) in [5, 5.41) is 1.95. The number of rotatable bonds is 6. The summed E-state index contributed by atoms with van der Waals surface area (Å²) in [4.78, 5) is 20.1. The average Bonchev–Trinajstić information content (AvgIpc) is 3.20. The summed E-state index contributed by atoms with van der Waals surface area (Å²) in [5.41, 5.74) is 0. The second-order valence-corrected chi connectivity index (χ2v) is 7.10. The quantitative estimate of drug-likeness (QED) is 0.763. The van der Waals surface area contributed by atoms with E-state index in [0.29, 0.717) is 25.7 Å². The van der Waals surface area contributed by atoms with E-state index in [1.807, 2.05) is 29.9 Å². The highest BCUT2D eigenvalue weighted by Gasteiger charge is 2.27. The molecule has 0 N–H and O–H groups in total. The van der Waals surface area contributed by atoms with E-state index in [1.165, 1.54) is 11.3 Å². The van der Waals surface area contributed by atoms with Gasteiger partial charge in [-0.15, -0.1) is 11.3 Å². The number of thiophene rings is 1. The van der Waals surface area contributed by atoms with Gasteiger partial charge in [-0.05, 0) is 25.3 Å². The topological polar surface area (TPSA) is 47.4 Å². The lowest BCUT2D eigenvalue weighted by Crippen LogP contribution is -2.46. The predicted octanol–water partition coefficient (Wildman–Crippen LogP) is 3.00. The molecule has 3 heterocycles. The zero-order chi connectivity index (χ0) is 16.2. The Kier molecular flexibility index (Phi) is 5.25. The molecule has 1 atom stereocenters. The molecule has 23 heavy (non-hydrogen) atoms. The first-order valence-corrected chi connectivity index (χ1v) is 8.93. The van der Waals surface area contributed by atoms with Gasteiger partial charge in [0.25, 0.3) is 0 Å². The third-order valence-corrected chi connectivity index (χ3v) is 5.13. The fourth-order valence-electron chi connectivity index (χ4n) is 2.96. The van der Waals surface area contributed by atoms with Gasteiger partial charge in [0.2, 0.25) is 0 Å². The standard InChI is InChI=1S/C17H23N3O2S/c1-13(2)20-6-5-18-17(20)11-19-7-8-22-12-14(19)10-15(21)16-4-3-9-23-16/h3-6,9,13-14H,7-8,10-12H2,1-2H3/t14-/m0/s1. The highest BCUT2D eigenvalue weighted by Crippen LogP contribution is 2.19. The van der Waals surface area contributed by atoms with Crippen LogP contribution in [0.3, 0.4) is 0 Å². The van der Waals surface area contributed by atoms with E-state index in [4.69, 9.17) is 4.74 Å². The molecule has 1 aliphatic heterocycles. The number of Topliss-reactive ketones (excluding diaryl/α,β-unsaturated/α-hetero) is 1. The molecule has 2 aromatic heterocycles. The fourth-order valence-corrected chi connectivity index (χ4v) is 3.63. The van der Waals surface area contributed by atoms with Gasteiger partial charge >= 0.3 is 0 Å². The van der Waals surface area contributed by atoms with Crippen LogP contribution in [0, 0.1) is 0 Å². The van der Waals surface area contributed by atoms with Crippen LogP contribution in [0.2, 0.25) is 0 Å². The van der Waals surface area contributed by atoms with Gasteiger partial charge in [-0.25, -0.2) is 4.98 Å². The summed E-state index contributed by atoms with van der Waals surface area (Å²) in [6.45, 7) is 7.24. The van der Waals surface area contributed by atoms with Crippen LogP contribution < -0.4 is 0 Å². The van der Waals surface area contributed by atoms with E-state index in [0.717, 1.165) is 23.8 Å². The Morgan fingerprint density at radius 3 is 3.13 bits per heavy atom. The Labute approximate surface area is 140 Å². The Balaban J connectivity index is 1.69. The molecule has 0 amide bonds. The molecule has 0 aliphatic carbocycles. The van der Waals surface area contributed by atoms with Crippen LogP contribution in [0.15, 0.2) is 29.9 Å². The largest absolute Gasteiger partial charge is 0.378 e. The molecule has 0 spiro atoms. The second-order valence-electron chi connectivity index (χ2n) is 6.15. The van der Waals surface area contributed by atoms with Crippen molar-refractivity contribution >= 4 is 17.1 Å².